The predicted molar refractivity (Wildman–Crippen MR) is 104 cm³/mol. The quantitative estimate of drug-likeness (QED) is 0.817. The number of nitrogens with zero attached hydrogens (tertiary/aromatic N) is 2. The smallest absolute Gasteiger partial charge is 0.222 e. The molecule has 3 fully saturated rings. The van der Waals surface area contributed by atoms with Gasteiger partial charge in [-0.1, -0.05) is 19.8 Å². The monoisotopic (exact) mass is 363 g/mol. The lowest BCUT2D eigenvalue weighted by Gasteiger charge is -2.30. The minimum atomic E-state index is 0.293. The van der Waals surface area contributed by atoms with Crippen molar-refractivity contribution in [2.24, 2.45) is 17.8 Å². The molecule has 1 N–H and O–H groups in total. The number of carbonyl (C=O) groups excluding carboxylic acids is 2. The molecule has 2 heterocycles. The van der Waals surface area contributed by atoms with E-state index in [0.717, 1.165) is 45.6 Å². The van der Waals surface area contributed by atoms with Gasteiger partial charge < -0.3 is 15.1 Å². The summed E-state index contributed by atoms with van der Waals surface area (Å²) in [5.41, 5.74) is 0. The number of nitrogens with one attached hydrogen (secondary N) is 1. The third-order valence-corrected chi connectivity index (χ3v) is 6.82. The van der Waals surface area contributed by atoms with Crippen LogP contribution in [0.25, 0.3) is 0 Å². The highest BCUT2D eigenvalue weighted by molar-refractivity contribution is 5.78. The van der Waals surface area contributed by atoms with E-state index in [0.29, 0.717) is 42.5 Å². The van der Waals surface area contributed by atoms with Gasteiger partial charge in [0.15, 0.2) is 0 Å². The summed E-state index contributed by atoms with van der Waals surface area (Å²) in [4.78, 5) is 29.4. The molecule has 5 heteroatoms. The van der Waals surface area contributed by atoms with E-state index in [9.17, 15) is 9.59 Å². The van der Waals surface area contributed by atoms with Crippen LogP contribution in [0.5, 0.6) is 0 Å². The number of hydrogen-bond donors (Lipinski definition) is 1. The van der Waals surface area contributed by atoms with Crippen LogP contribution in [0.3, 0.4) is 0 Å². The van der Waals surface area contributed by atoms with Gasteiger partial charge in [-0.25, -0.2) is 0 Å². The molecule has 1 atom stereocenters. The number of amides is 2. The van der Waals surface area contributed by atoms with Gasteiger partial charge in [0.1, 0.15) is 0 Å². The van der Waals surface area contributed by atoms with Crippen LogP contribution in [-0.2, 0) is 9.59 Å². The Hall–Kier alpha value is -1.10. The van der Waals surface area contributed by atoms with Crippen molar-refractivity contribution >= 4 is 11.8 Å². The SMILES string of the molecule is CC(CC(=O)N1CCCN(C(=O)CC2CCCC2)CC1)C1CCNCC1. The molecule has 2 saturated heterocycles. The van der Waals surface area contributed by atoms with Gasteiger partial charge in [-0.3, -0.25) is 9.59 Å². The standard InChI is InChI=1S/C21H37N3O2/c1-17(19-7-9-22-10-8-19)15-20(25)23-11-4-12-24(14-13-23)21(26)16-18-5-2-3-6-18/h17-19,22H,2-16H2,1H3. The van der Waals surface area contributed by atoms with Crippen LogP contribution >= 0.6 is 0 Å². The first-order valence-electron chi connectivity index (χ1n) is 10.9. The van der Waals surface area contributed by atoms with Gasteiger partial charge in [-0.2, -0.15) is 0 Å². The molecule has 148 valence electrons. The first kappa shape index (κ1) is 19.7. The molecule has 0 radical (unpaired) electrons. The molecule has 5 nitrogen and oxygen atoms in total. The number of piperidine rings is 1. The summed E-state index contributed by atoms with van der Waals surface area (Å²) in [6.45, 7) is 7.48. The molecule has 0 spiro atoms. The Balaban J connectivity index is 1.43. The molecule has 0 aromatic rings. The summed E-state index contributed by atoms with van der Waals surface area (Å²) in [5.74, 6) is 2.36. The van der Waals surface area contributed by atoms with Crippen molar-refractivity contribution in [3.8, 4) is 0 Å². The summed E-state index contributed by atoms with van der Waals surface area (Å²) >= 11 is 0. The maximum atomic E-state index is 12.8. The molecule has 0 bridgehead atoms. The molecule has 3 rings (SSSR count). The molecule has 3 aliphatic rings. The zero-order valence-corrected chi connectivity index (χ0v) is 16.5. The Morgan fingerprint density at radius 2 is 1.50 bits per heavy atom. The third-order valence-electron chi connectivity index (χ3n) is 6.82. The maximum absolute atomic E-state index is 12.8. The lowest BCUT2D eigenvalue weighted by Crippen LogP contribution is -2.39. The molecular formula is C21H37N3O2. The topological polar surface area (TPSA) is 52.7 Å². The van der Waals surface area contributed by atoms with Gasteiger partial charge in [0.2, 0.25) is 11.8 Å². The fourth-order valence-electron chi connectivity index (χ4n) is 4.99. The van der Waals surface area contributed by atoms with Crippen molar-refractivity contribution in [2.75, 3.05) is 39.3 Å². The minimum Gasteiger partial charge on any atom is -0.341 e. The molecule has 2 aliphatic heterocycles. The summed E-state index contributed by atoms with van der Waals surface area (Å²) in [6.07, 6.45) is 9.71. The van der Waals surface area contributed by atoms with Gasteiger partial charge in [0, 0.05) is 39.0 Å². The van der Waals surface area contributed by atoms with Crippen LogP contribution < -0.4 is 5.32 Å². The van der Waals surface area contributed by atoms with Crippen molar-refractivity contribution in [3.63, 3.8) is 0 Å². The van der Waals surface area contributed by atoms with Crippen LogP contribution in [0.4, 0.5) is 0 Å². The fraction of sp³-hybridized carbons (Fsp3) is 0.905. The zero-order chi connectivity index (χ0) is 18.4. The van der Waals surface area contributed by atoms with E-state index in [-0.39, 0.29) is 0 Å². The van der Waals surface area contributed by atoms with Gasteiger partial charge in [-0.15, -0.1) is 0 Å². The molecule has 1 aliphatic carbocycles. The summed E-state index contributed by atoms with van der Waals surface area (Å²) in [5, 5.41) is 3.40. The second-order valence-corrected chi connectivity index (χ2v) is 8.74. The van der Waals surface area contributed by atoms with Crippen molar-refractivity contribution in [2.45, 2.75) is 64.7 Å². The minimum absolute atomic E-state index is 0.293. The Morgan fingerprint density at radius 3 is 2.15 bits per heavy atom. The van der Waals surface area contributed by atoms with Crippen molar-refractivity contribution < 1.29 is 9.59 Å². The van der Waals surface area contributed by atoms with E-state index < -0.39 is 0 Å². The fourth-order valence-corrected chi connectivity index (χ4v) is 4.99. The molecular weight excluding hydrogens is 326 g/mol. The number of carbonyl (C=O) groups is 2. The second-order valence-electron chi connectivity index (χ2n) is 8.74. The summed E-state index contributed by atoms with van der Waals surface area (Å²) < 4.78 is 0. The molecule has 26 heavy (non-hydrogen) atoms. The van der Waals surface area contributed by atoms with Gasteiger partial charge in [0.25, 0.3) is 0 Å². The van der Waals surface area contributed by atoms with Crippen LogP contribution in [0.2, 0.25) is 0 Å². The van der Waals surface area contributed by atoms with E-state index >= 15 is 0 Å². The normalized spacial score (nSPS) is 24.5. The van der Waals surface area contributed by atoms with Crippen LogP contribution in [0.1, 0.15) is 64.7 Å². The van der Waals surface area contributed by atoms with Gasteiger partial charge in [-0.05, 0) is 62.9 Å². The van der Waals surface area contributed by atoms with Crippen LogP contribution in [-0.4, -0.2) is 60.9 Å². The van der Waals surface area contributed by atoms with Crippen molar-refractivity contribution in [1.82, 2.24) is 15.1 Å². The molecule has 2 amide bonds. The van der Waals surface area contributed by atoms with E-state index in [1.165, 1.54) is 38.5 Å². The van der Waals surface area contributed by atoms with E-state index in [2.05, 4.69) is 12.2 Å². The van der Waals surface area contributed by atoms with Crippen LogP contribution in [0, 0.1) is 17.8 Å². The Labute approximate surface area is 158 Å². The Bertz CT molecular complexity index is 470. The highest BCUT2D eigenvalue weighted by Crippen LogP contribution is 2.28. The first-order valence-corrected chi connectivity index (χ1v) is 10.9. The Kier molecular flexibility index (Phi) is 7.35. The van der Waals surface area contributed by atoms with Gasteiger partial charge >= 0.3 is 0 Å². The average molecular weight is 364 g/mol. The second kappa shape index (κ2) is 9.72. The number of hydrogen-bond acceptors (Lipinski definition) is 3. The van der Waals surface area contributed by atoms with E-state index in [1.807, 2.05) is 9.80 Å². The predicted octanol–water partition coefficient (Wildman–Crippen LogP) is 2.65. The molecule has 0 aromatic carbocycles. The molecule has 1 saturated carbocycles. The largest absolute Gasteiger partial charge is 0.341 e. The van der Waals surface area contributed by atoms with E-state index in [4.69, 9.17) is 0 Å². The third kappa shape index (κ3) is 5.45. The average Bonchev–Trinajstić information content (AvgIpc) is 3.03. The maximum Gasteiger partial charge on any atom is 0.222 e. The van der Waals surface area contributed by atoms with Gasteiger partial charge in [0.05, 0.1) is 0 Å². The zero-order valence-electron chi connectivity index (χ0n) is 16.5. The highest BCUT2D eigenvalue weighted by atomic mass is 16.2. The summed E-state index contributed by atoms with van der Waals surface area (Å²) in [6, 6.07) is 0. The lowest BCUT2D eigenvalue weighted by atomic mass is 9.84. The number of rotatable bonds is 5. The van der Waals surface area contributed by atoms with Crippen LogP contribution in [0.15, 0.2) is 0 Å². The summed E-state index contributed by atoms with van der Waals surface area (Å²) in [7, 11) is 0. The van der Waals surface area contributed by atoms with E-state index in [1.54, 1.807) is 0 Å². The highest BCUT2D eigenvalue weighted by Gasteiger charge is 2.27. The lowest BCUT2D eigenvalue weighted by molar-refractivity contribution is -0.134. The molecule has 1 unspecified atom stereocenters. The van der Waals surface area contributed by atoms with Crippen molar-refractivity contribution in [3.05, 3.63) is 0 Å². The molecule has 0 aromatic heterocycles. The van der Waals surface area contributed by atoms with Crippen molar-refractivity contribution in [1.29, 1.82) is 0 Å². The first-order chi connectivity index (χ1) is 12.6. The Morgan fingerprint density at radius 1 is 0.885 bits per heavy atom.